The van der Waals surface area contributed by atoms with Gasteiger partial charge < -0.3 is 16.0 Å². The monoisotopic (exact) mass is 359 g/mol. The van der Waals surface area contributed by atoms with Crippen LogP contribution >= 0.6 is 0 Å². The van der Waals surface area contributed by atoms with Gasteiger partial charge in [0.05, 0.1) is 11.3 Å². The highest BCUT2D eigenvalue weighted by molar-refractivity contribution is 6.11. The van der Waals surface area contributed by atoms with Crippen LogP contribution in [0.2, 0.25) is 0 Å². The number of hydrogen-bond acceptors (Lipinski definition) is 2. The largest absolute Gasteiger partial charge is 0.323 e. The summed E-state index contributed by atoms with van der Waals surface area (Å²) in [5, 5.41) is 8.38. The second-order valence-electron chi connectivity index (χ2n) is 6.32. The number of carbonyl (C=O) groups excluding carboxylic acids is 2. The van der Waals surface area contributed by atoms with E-state index in [2.05, 4.69) is 16.0 Å². The number of hydrogen-bond donors (Lipinski definition) is 3. The number of rotatable bonds is 4. The molecule has 0 fully saturated rings. The summed E-state index contributed by atoms with van der Waals surface area (Å²) >= 11 is 0. The summed E-state index contributed by atoms with van der Waals surface area (Å²) in [6, 6.07) is 21.5. The van der Waals surface area contributed by atoms with E-state index in [4.69, 9.17) is 0 Å². The molecule has 0 saturated heterocycles. The Morgan fingerprint density at radius 1 is 0.667 bits per heavy atom. The van der Waals surface area contributed by atoms with E-state index in [1.165, 1.54) is 0 Å². The standard InChI is InChI=1S/C22H21N3O2/c1-15-7-5-9-17(13-15)23-21(26)19-11-3-4-12-20(19)25-22(27)24-18-10-6-8-16(2)14-18/h3-14H,1-2H3,(H,23,26)(H2,24,25,27). The number of aryl methyl sites for hydroxylation is 2. The Balaban J connectivity index is 1.73. The van der Waals surface area contributed by atoms with Crippen molar-refractivity contribution in [3.05, 3.63) is 89.5 Å². The Kier molecular flexibility index (Phi) is 5.52. The maximum atomic E-state index is 12.6. The van der Waals surface area contributed by atoms with Crippen molar-refractivity contribution in [1.82, 2.24) is 0 Å². The van der Waals surface area contributed by atoms with E-state index in [1.54, 1.807) is 24.3 Å². The van der Waals surface area contributed by atoms with Crippen molar-refractivity contribution in [3.63, 3.8) is 0 Å². The molecule has 3 amide bonds. The molecule has 0 aliphatic heterocycles. The fourth-order valence-electron chi connectivity index (χ4n) is 2.72. The van der Waals surface area contributed by atoms with Crippen LogP contribution in [-0.4, -0.2) is 11.9 Å². The Morgan fingerprint density at radius 2 is 1.26 bits per heavy atom. The van der Waals surface area contributed by atoms with E-state index in [0.717, 1.165) is 11.1 Å². The molecule has 3 aromatic carbocycles. The first-order chi connectivity index (χ1) is 13.0. The van der Waals surface area contributed by atoms with Crippen LogP contribution in [0.1, 0.15) is 21.5 Å². The minimum atomic E-state index is -0.406. The lowest BCUT2D eigenvalue weighted by Gasteiger charge is -2.13. The summed E-state index contributed by atoms with van der Waals surface area (Å²) in [4.78, 5) is 25.0. The van der Waals surface area contributed by atoms with Crippen LogP contribution in [0.4, 0.5) is 21.9 Å². The number of urea groups is 1. The molecular weight excluding hydrogens is 338 g/mol. The second-order valence-corrected chi connectivity index (χ2v) is 6.32. The molecular formula is C22H21N3O2. The van der Waals surface area contributed by atoms with Crippen molar-refractivity contribution >= 4 is 29.0 Å². The summed E-state index contributed by atoms with van der Waals surface area (Å²) < 4.78 is 0. The van der Waals surface area contributed by atoms with Gasteiger partial charge in [-0.15, -0.1) is 0 Å². The van der Waals surface area contributed by atoms with Gasteiger partial charge in [-0.25, -0.2) is 4.79 Å². The van der Waals surface area contributed by atoms with Crippen LogP contribution in [0.15, 0.2) is 72.8 Å². The fraction of sp³-hybridized carbons (Fsp3) is 0.0909. The smallest absolute Gasteiger partial charge is 0.322 e. The molecule has 0 saturated carbocycles. The van der Waals surface area contributed by atoms with Gasteiger partial charge in [0.2, 0.25) is 0 Å². The molecule has 0 atom stereocenters. The zero-order valence-electron chi connectivity index (χ0n) is 15.2. The van der Waals surface area contributed by atoms with Crippen LogP contribution < -0.4 is 16.0 Å². The molecule has 3 rings (SSSR count). The van der Waals surface area contributed by atoms with Gasteiger partial charge in [0.15, 0.2) is 0 Å². The van der Waals surface area contributed by atoms with Gasteiger partial charge in [-0.05, 0) is 61.4 Å². The molecule has 0 radical (unpaired) electrons. The highest BCUT2D eigenvalue weighted by atomic mass is 16.2. The van der Waals surface area contributed by atoms with Gasteiger partial charge in [-0.3, -0.25) is 4.79 Å². The molecule has 0 aliphatic rings. The first-order valence-electron chi connectivity index (χ1n) is 8.63. The minimum absolute atomic E-state index is 0.285. The average molecular weight is 359 g/mol. The van der Waals surface area contributed by atoms with Gasteiger partial charge >= 0.3 is 6.03 Å². The number of anilines is 3. The van der Waals surface area contributed by atoms with Crippen LogP contribution in [0, 0.1) is 13.8 Å². The Bertz CT molecular complexity index is 983. The highest BCUT2D eigenvalue weighted by Crippen LogP contribution is 2.19. The Labute approximate surface area is 158 Å². The SMILES string of the molecule is Cc1cccc(NC(=O)Nc2ccccc2C(=O)Nc2cccc(C)c2)c1. The third-order valence-corrected chi connectivity index (χ3v) is 3.97. The number of amides is 3. The van der Waals surface area contributed by atoms with Gasteiger partial charge in [0, 0.05) is 11.4 Å². The Morgan fingerprint density at radius 3 is 1.89 bits per heavy atom. The van der Waals surface area contributed by atoms with Crippen molar-refractivity contribution < 1.29 is 9.59 Å². The van der Waals surface area contributed by atoms with E-state index >= 15 is 0 Å². The molecule has 0 aromatic heterocycles. The van der Waals surface area contributed by atoms with E-state index in [0.29, 0.717) is 22.6 Å². The summed E-state index contributed by atoms with van der Waals surface area (Å²) in [5.74, 6) is -0.285. The molecule has 0 heterocycles. The molecule has 5 nitrogen and oxygen atoms in total. The number of carbonyl (C=O) groups is 2. The highest BCUT2D eigenvalue weighted by Gasteiger charge is 2.13. The van der Waals surface area contributed by atoms with E-state index < -0.39 is 6.03 Å². The molecule has 0 spiro atoms. The lowest BCUT2D eigenvalue weighted by Crippen LogP contribution is -2.22. The van der Waals surface area contributed by atoms with Crippen molar-refractivity contribution in [2.24, 2.45) is 0 Å². The van der Waals surface area contributed by atoms with Crippen molar-refractivity contribution in [2.75, 3.05) is 16.0 Å². The first kappa shape index (κ1) is 18.2. The lowest BCUT2D eigenvalue weighted by molar-refractivity contribution is 0.102. The minimum Gasteiger partial charge on any atom is -0.322 e. The number of nitrogens with one attached hydrogen (secondary N) is 3. The first-order valence-corrected chi connectivity index (χ1v) is 8.63. The summed E-state index contributed by atoms with van der Waals surface area (Å²) in [7, 11) is 0. The van der Waals surface area contributed by atoms with Crippen molar-refractivity contribution in [2.45, 2.75) is 13.8 Å². The average Bonchev–Trinajstić information content (AvgIpc) is 2.62. The van der Waals surface area contributed by atoms with Gasteiger partial charge in [0.1, 0.15) is 0 Å². The zero-order chi connectivity index (χ0) is 19.2. The molecule has 3 aromatic rings. The number of para-hydroxylation sites is 1. The van der Waals surface area contributed by atoms with Gasteiger partial charge in [0.25, 0.3) is 5.91 Å². The Hall–Kier alpha value is -3.60. The van der Waals surface area contributed by atoms with E-state index in [9.17, 15) is 9.59 Å². The predicted molar refractivity (Wildman–Crippen MR) is 109 cm³/mol. The van der Waals surface area contributed by atoms with E-state index in [1.807, 2.05) is 62.4 Å². The van der Waals surface area contributed by atoms with Crippen molar-refractivity contribution in [3.8, 4) is 0 Å². The van der Waals surface area contributed by atoms with Crippen LogP contribution in [0.25, 0.3) is 0 Å². The van der Waals surface area contributed by atoms with Crippen LogP contribution in [-0.2, 0) is 0 Å². The van der Waals surface area contributed by atoms with Gasteiger partial charge in [-0.2, -0.15) is 0 Å². The van der Waals surface area contributed by atoms with Crippen molar-refractivity contribution in [1.29, 1.82) is 0 Å². The molecule has 27 heavy (non-hydrogen) atoms. The maximum Gasteiger partial charge on any atom is 0.323 e. The molecule has 3 N–H and O–H groups in total. The quantitative estimate of drug-likeness (QED) is 0.599. The predicted octanol–water partition coefficient (Wildman–Crippen LogP) is 5.20. The topological polar surface area (TPSA) is 70.2 Å². The summed E-state index contributed by atoms with van der Waals surface area (Å²) in [5.41, 5.74) is 4.32. The molecule has 5 heteroatoms. The molecule has 0 bridgehead atoms. The third kappa shape index (κ3) is 4.95. The second kappa shape index (κ2) is 8.19. The molecule has 0 aliphatic carbocycles. The maximum absolute atomic E-state index is 12.6. The van der Waals surface area contributed by atoms with Crippen LogP contribution in [0.5, 0.6) is 0 Å². The molecule has 0 unspecified atom stereocenters. The zero-order valence-corrected chi connectivity index (χ0v) is 15.2. The van der Waals surface area contributed by atoms with Gasteiger partial charge in [-0.1, -0.05) is 36.4 Å². The fourth-order valence-corrected chi connectivity index (χ4v) is 2.72. The summed E-state index contributed by atoms with van der Waals surface area (Å²) in [6.07, 6.45) is 0. The number of benzene rings is 3. The normalized spacial score (nSPS) is 10.1. The van der Waals surface area contributed by atoms with Crippen LogP contribution in [0.3, 0.4) is 0 Å². The third-order valence-electron chi connectivity index (χ3n) is 3.97. The van der Waals surface area contributed by atoms with E-state index in [-0.39, 0.29) is 5.91 Å². The lowest BCUT2D eigenvalue weighted by atomic mass is 10.1. The summed E-state index contributed by atoms with van der Waals surface area (Å²) in [6.45, 7) is 3.91. The molecule has 136 valence electrons.